The van der Waals surface area contributed by atoms with E-state index in [0.717, 1.165) is 16.7 Å². The molecule has 27 heavy (non-hydrogen) atoms. The number of amides is 1. The molecule has 3 rings (SSSR count). The summed E-state index contributed by atoms with van der Waals surface area (Å²) in [6, 6.07) is 27.6. The number of carbonyl (C=O) groups excluding carboxylic acids is 1. The highest BCUT2D eigenvalue weighted by molar-refractivity contribution is 5.82. The van der Waals surface area contributed by atoms with Crippen LogP contribution in [0.25, 0.3) is 0 Å². The van der Waals surface area contributed by atoms with E-state index in [0.29, 0.717) is 12.2 Å². The van der Waals surface area contributed by atoms with Crippen molar-refractivity contribution in [3.05, 3.63) is 102 Å². The van der Waals surface area contributed by atoms with Gasteiger partial charge in [-0.25, -0.2) is 0 Å². The number of hydrogen-bond donors (Lipinski definition) is 1. The Morgan fingerprint density at radius 2 is 1.48 bits per heavy atom. The molecule has 0 saturated heterocycles. The smallest absolute Gasteiger partial charge is 0.261 e. The van der Waals surface area contributed by atoms with Gasteiger partial charge in [0.15, 0.2) is 6.10 Å². The van der Waals surface area contributed by atoms with Crippen LogP contribution in [0, 0.1) is 6.92 Å². The second-order valence-electron chi connectivity index (χ2n) is 6.59. The van der Waals surface area contributed by atoms with Crippen molar-refractivity contribution >= 4 is 5.91 Å². The van der Waals surface area contributed by atoms with E-state index >= 15 is 0 Å². The van der Waals surface area contributed by atoms with Crippen LogP contribution in [-0.4, -0.2) is 12.0 Å². The molecular weight excluding hydrogens is 334 g/mol. The third-order valence-electron chi connectivity index (χ3n) is 4.48. The maximum atomic E-state index is 13.0. The van der Waals surface area contributed by atoms with E-state index in [-0.39, 0.29) is 11.9 Å². The highest BCUT2D eigenvalue weighted by Gasteiger charge is 2.23. The Bertz CT molecular complexity index is 822. The molecular formula is C24H25NO2. The van der Waals surface area contributed by atoms with Gasteiger partial charge >= 0.3 is 0 Å². The van der Waals surface area contributed by atoms with Crippen molar-refractivity contribution in [2.75, 3.05) is 0 Å². The molecule has 0 fully saturated rings. The minimum absolute atomic E-state index is 0.114. The Labute approximate surface area is 161 Å². The zero-order chi connectivity index (χ0) is 19.1. The van der Waals surface area contributed by atoms with Crippen molar-refractivity contribution in [1.29, 1.82) is 0 Å². The molecule has 138 valence electrons. The molecule has 0 bridgehead atoms. The Kier molecular flexibility index (Phi) is 6.26. The van der Waals surface area contributed by atoms with E-state index in [1.54, 1.807) is 0 Å². The van der Waals surface area contributed by atoms with Crippen LogP contribution in [0.2, 0.25) is 0 Å². The number of ether oxygens (including phenoxy) is 1. The van der Waals surface area contributed by atoms with Gasteiger partial charge in [-0.1, -0.05) is 79.7 Å². The molecule has 3 aromatic rings. The molecule has 0 unspecified atom stereocenters. The zero-order valence-corrected chi connectivity index (χ0v) is 15.8. The second kappa shape index (κ2) is 9.04. The first-order chi connectivity index (χ1) is 13.2. The normalized spacial score (nSPS) is 11.8. The van der Waals surface area contributed by atoms with E-state index in [9.17, 15) is 4.79 Å². The molecule has 3 aromatic carbocycles. The summed E-state index contributed by atoms with van der Waals surface area (Å²) in [7, 11) is 0. The number of carbonyl (C=O) groups is 1. The lowest BCUT2D eigenvalue weighted by atomic mass is 9.98. The fourth-order valence-electron chi connectivity index (χ4n) is 3.06. The number of rotatable bonds is 7. The first kappa shape index (κ1) is 18.7. The summed E-state index contributed by atoms with van der Waals surface area (Å²) in [6.07, 6.45) is 0.0533. The van der Waals surface area contributed by atoms with E-state index in [1.807, 2.05) is 98.8 Å². The quantitative estimate of drug-likeness (QED) is 0.640. The van der Waals surface area contributed by atoms with Gasteiger partial charge in [-0.05, 0) is 42.2 Å². The van der Waals surface area contributed by atoms with Gasteiger partial charge in [0.1, 0.15) is 5.75 Å². The molecule has 0 radical (unpaired) electrons. The van der Waals surface area contributed by atoms with Gasteiger partial charge in [-0.2, -0.15) is 0 Å². The van der Waals surface area contributed by atoms with Crippen molar-refractivity contribution in [3.8, 4) is 5.75 Å². The van der Waals surface area contributed by atoms with Crippen molar-refractivity contribution in [2.24, 2.45) is 0 Å². The molecule has 0 aliphatic rings. The largest absolute Gasteiger partial charge is 0.481 e. The van der Waals surface area contributed by atoms with Crippen LogP contribution in [0.15, 0.2) is 84.9 Å². The first-order valence-corrected chi connectivity index (χ1v) is 9.31. The van der Waals surface area contributed by atoms with Crippen LogP contribution >= 0.6 is 0 Å². The van der Waals surface area contributed by atoms with E-state index in [4.69, 9.17) is 4.74 Å². The molecule has 0 heterocycles. The maximum Gasteiger partial charge on any atom is 0.261 e. The van der Waals surface area contributed by atoms with E-state index in [2.05, 4.69) is 5.32 Å². The van der Waals surface area contributed by atoms with Crippen LogP contribution < -0.4 is 10.1 Å². The number of benzene rings is 3. The SMILES string of the molecule is CC[C@@H](Oc1cccc(C)c1)C(=O)NC(c1ccccc1)c1ccccc1. The number of nitrogens with one attached hydrogen (secondary N) is 1. The first-order valence-electron chi connectivity index (χ1n) is 9.31. The molecule has 0 spiro atoms. The van der Waals surface area contributed by atoms with Crippen molar-refractivity contribution in [1.82, 2.24) is 5.32 Å². The molecule has 1 amide bonds. The topological polar surface area (TPSA) is 38.3 Å². The lowest BCUT2D eigenvalue weighted by Crippen LogP contribution is -2.40. The van der Waals surface area contributed by atoms with Crippen molar-refractivity contribution < 1.29 is 9.53 Å². The monoisotopic (exact) mass is 359 g/mol. The average molecular weight is 359 g/mol. The van der Waals surface area contributed by atoms with Gasteiger partial charge in [0.25, 0.3) is 5.91 Å². The van der Waals surface area contributed by atoms with Gasteiger partial charge in [-0.15, -0.1) is 0 Å². The third kappa shape index (κ3) is 4.98. The zero-order valence-electron chi connectivity index (χ0n) is 15.8. The van der Waals surface area contributed by atoms with Crippen LogP contribution in [0.3, 0.4) is 0 Å². The minimum atomic E-state index is -0.540. The fraction of sp³-hybridized carbons (Fsp3) is 0.208. The molecule has 0 aliphatic carbocycles. The second-order valence-corrected chi connectivity index (χ2v) is 6.59. The van der Waals surface area contributed by atoms with Gasteiger partial charge in [0.05, 0.1) is 6.04 Å². The van der Waals surface area contributed by atoms with Crippen LogP contribution in [0.4, 0.5) is 0 Å². The fourth-order valence-corrected chi connectivity index (χ4v) is 3.06. The van der Waals surface area contributed by atoms with Gasteiger partial charge in [0.2, 0.25) is 0 Å². The van der Waals surface area contributed by atoms with Crippen LogP contribution in [-0.2, 0) is 4.79 Å². The van der Waals surface area contributed by atoms with Gasteiger partial charge < -0.3 is 10.1 Å². The van der Waals surface area contributed by atoms with Crippen LogP contribution in [0.5, 0.6) is 5.75 Å². The van der Waals surface area contributed by atoms with Crippen molar-refractivity contribution in [3.63, 3.8) is 0 Å². The summed E-state index contributed by atoms with van der Waals surface area (Å²) in [5, 5.41) is 3.17. The molecule has 3 nitrogen and oxygen atoms in total. The summed E-state index contributed by atoms with van der Waals surface area (Å²) < 4.78 is 5.97. The number of aryl methyl sites for hydroxylation is 1. The maximum absolute atomic E-state index is 13.0. The summed E-state index contributed by atoms with van der Waals surface area (Å²) in [6.45, 7) is 3.97. The highest BCUT2D eigenvalue weighted by Crippen LogP contribution is 2.23. The van der Waals surface area contributed by atoms with E-state index < -0.39 is 6.10 Å². The summed E-state index contributed by atoms with van der Waals surface area (Å²) in [5.41, 5.74) is 3.19. The Hall–Kier alpha value is -3.07. The highest BCUT2D eigenvalue weighted by atomic mass is 16.5. The van der Waals surface area contributed by atoms with E-state index in [1.165, 1.54) is 0 Å². The lowest BCUT2D eigenvalue weighted by molar-refractivity contribution is -0.128. The Morgan fingerprint density at radius 1 is 0.889 bits per heavy atom. The standard InChI is InChI=1S/C24H25NO2/c1-3-22(27-21-16-10-11-18(2)17-21)24(26)25-23(19-12-6-4-7-13-19)20-14-8-5-9-15-20/h4-17,22-23H,3H2,1-2H3,(H,25,26)/t22-/m1/s1. The minimum Gasteiger partial charge on any atom is -0.481 e. The molecule has 1 atom stereocenters. The lowest BCUT2D eigenvalue weighted by Gasteiger charge is -2.24. The molecule has 0 saturated carbocycles. The molecule has 0 aliphatic heterocycles. The molecule has 1 N–H and O–H groups in total. The molecule has 0 aromatic heterocycles. The Balaban J connectivity index is 1.80. The molecule has 3 heteroatoms. The van der Waals surface area contributed by atoms with Crippen LogP contribution in [0.1, 0.15) is 36.1 Å². The van der Waals surface area contributed by atoms with Crippen molar-refractivity contribution in [2.45, 2.75) is 32.4 Å². The van der Waals surface area contributed by atoms with Gasteiger partial charge in [-0.3, -0.25) is 4.79 Å². The predicted molar refractivity (Wildman–Crippen MR) is 109 cm³/mol. The van der Waals surface area contributed by atoms with Gasteiger partial charge in [0, 0.05) is 0 Å². The average Bonchev–Trinajstić information content (AvgIpc) is 2.71. The summed E-state index contributed by atoms with van der Waals surface area (Å²) >= 11 is 0. The predicted octanol–water partition coefficient (Wildman–Crippen LogP) is 5.06. The Morgan fingerprint density at radius 3 is 2.00 bits per heavy atom. The third-order valence-corrected chi connectivity index (χ3v) is 4.48. The summed E-state index contributed by atoms with van der Waals surface area (Å²) in [4.78, 5) is 13.0. The summed E-state index contributed by atoms with van der Waals surface area (Å²) in [5.74, 6) is 0.602. The number of hydrogen-bond acceptors (Lipinski definition) is 2.